The number of nitrogens with one attached hydrogen (secondary N) is 1. The summed E-state index contributed by atoms with van der Waals surface area (Å²) in [5.41, 5.74) is 2.30. The summed E-state index contributed by atoms with van der Waals surface area (Å²) in [7, 11) is -4.04. The second-order valence-electron chi connectivity index (χ2n) is 6.82. The molecule has 0 spiro atoms. The highest BCUT2D eigenvalue weighted by atomic mass is 35.5. The molecule has 0 saturated carbocycles. The van der Waals surface area contributed by atoms with E-state index in [2.05, 4.69) is 5.32 Å². The van der Waals surface area contributed by atoms with Gasteiger partial charge < -0.3 is 5.32 Å². The number of allylic oxidation sites excluding steroid dienone is 1. The largest absolute Gasteiger partial charge is 0.336 e. The van der Waals surface area contributed by atoms with Gasteiger partial charge in [-0.05, 0) is 48.7 Å². The molecule has 0 fully saturated rings. The molecule has 1 N–H and O–H groups in total. The first-order chi connectivity index (χ1) is 12.7. The van der Waals surface area contributed by atoms with Crippen molar-refractivity contribution >= 4 is 27.7 Å². The van der Waals surface area contributed by atoms with Gasteiger partial charge in [0.05, 0.1) is 10.9 Å². The average Bonchev–Trinajstić information content (AvgIpc) is 2.61. The molecule has 2 aromatic carbocycles. The van der Waals surface area contributed by atoms with Gasteiger partial charge in [-0.25, -0.2) is 17.5 Å². The van der Waals surface area contributed by atoms with E-state index in [-0.39, 0.29) is 10.8 Å². The van der Waals surface area contributed by atoms with Crippen LogP contribution >= 0.6 is 11.6 Å². The van der Waals surface area contributed by atoms with Crippen molar-refractivity contribution in [2.24, 2.45) is 5.92 Å². The lowest BCUT2D eigenvalue weighted by atomic mass is 10.0. The standard InChI is InChI=1S/C20H21ClN2O3S/c1-13(2)18-12-19(15-6-8-16(21)9-7-15)23(20(24)22-18)27(25,26)17-10-4-14(3)5-11-17/h4-13,19H,1-3H3,(H,22,24). The molecule has 7 heteroatoms. The molecule has 0 aliphatic carbocycles. The minimum absolute atomic E-state index is 0.0491. The average molecular weight is 405 g/mol. The van der Waals surface area contributed by atoms with Crippen molar-refractivity contribution in [3.8, 4) is 0 Å². The number of aryl methyl sites for hydroxylation is 1. The third kappa shape index (κ3) is 3.87. The van der Waals surface area contributed by atoms with E-state index in [0.717, 1.165) is 9.87 Å². The van der Waals surface area contributed by atoms with Crippen LogP contribution in [0.5, 0.6) is 0 Å². The predicted molar refractivity (Wildman–Crippen MR) is 106 cm³/mol. The van der Waals surface area contributed by atoms with E-state index in [1.807, 2.05) is 20.8 Å². The van der Waals surface area contributed by atoms with Crippen LogP contribution in [0.4, 0.5) is 4.79 Å². The number of carbonyl (C=O) groups excluding carboxylic acids is 1. The van der Waals surface area contributed by atoms with Gasteiger partial charge in [-0.3, -0.25) is 0 Å². The van der Waals surface area contributed by atoms with Gasteiger partial charge >= 0.3 is 6.03 Å². The maximum atomic E-state index is 13.2. The highest BCUT2D eigenvalue weighted by molar-refractivity contribution is 7.89. The summed E-state index contributed by atoms with van der Waals surface area (Å²) in [6, 6.07) is 11.9. The molecule has 2 amide bonds. The second-order valence-corrected chi connectivity index (χ2v) is 9.07. The van der Waals surface area contributed by atoms with Crippen molar-refractivity contribution in [2.45, 2.75) is 31.7 Å². The number of benzene rings is 2. The zero-order valence-electron chi connectivity index (χ0n) is 15.3. The first kappa shape index (κ1) is 19.5. The molecule has 1 heterocycles. The van der Waals surface area contributed by atoms with Crippen molar-refractivity contribution in [2.75, 3.05) is 0 Å². The van der Waals surface area contributed by atoms with Crippen molar-refractivity contribution in [1.82, 2.24) is 9.62 Å². The highest BCUT2D eigenvalue weighted by Gasteiger charge is 2.39. The smallest absolute Gasteiger partial charge is 0.311 e. The van der Waals surface area contributed by atoms with Gasteiger partial charge in [-0.15, -0.1) is 0 Å². The lowest BCUT2D eigenvalue weighted by molar-refractivity contribution is 0.215. The number of hydrogen-bond donors (Lipinski definition) is 1. The van der Waals surface area contributed by atoms with Crippen molar-refractivity contribution in [3.05, 3.63) is 76.5 Å². The van der Waals surface area contributed by atoms with Gasteiger partial charge in [0, 0.05) is 10.7 Å². The molecule has 1 aliphatic rings. The summed E-state index contributed by atoms with van der Waals surface area (Å²) in [5, 5.41) is 3.25. The number of rotatable bonds is 4. The van der Waals surface area contributed by atoms with E-state index in [0.29, 0.717) is 16.3 Å². The summed E-state index contributed by atoms with van der Waals surface area (Å²) in [4.78, 5) is 12.9. The predicted octanol–water partition coefficient (Wildman–Crippen LogP) is 4.64. The number of amides is 2. The van der Waals surface area contributed by atoms with E-state index < -0.39 is 22.1 Å². The molecular weight excluding hydrogens is 384 g/mol. The molecule has 1 aliphatic heterocycles. The minimum Gasteiger partial charge on any atom is -0.311 e. The fourth-order valence-electron chi connectivity index (χ4n) is 2.90. The monoisotopic (exact) mass is 404 g/mol. The van der Waals surface area contributed by atoms with Crippen LogP contribution in [-0.4, -0.2) is 18.8 Å². The topological polar surface area (TPSA) is 66.5 Å². The molecule has 142 valence electrons. The Bertz CT molecular complexity index is 981. The number of hydrogen-bond acceptors (Lipinski definition) is 3. The maximum Gasteiger partial charge on any atom is 0.336 e. The summed E-state index contributed by atoms with van der Waals surface area (Å²) in [6.07, 6.45) is 1.78. The zero-order chi connectivity index (χ0) is 19.8. The Kier molecular flexibility index (Phi) is 5.31. The van der Waals surface area contributed by atoms with Gasteiger partial charge in [0.25, 0.3) is 10.0 Å². The summed E-state index contributed by atoms with van der Waals surface area (Å²) < 4.78 is 27.4. The van der Waals surface area contributed by atoms with Crippen LogP contribution in [0.3, 0.4) is 0 Å². The van der Waals surface area contributed by atoms with Crippen LogP contribution in [0.15, 0.2) is 65.2 Å². The molecule has 2 aromatic rings. The normalized spacial score (nSPS) is 17.7. The van der Waals surface area contributed by atoms with Gasteiger partial charge in [-0.2, -0.15) is 0 Å². The Morgan fingerprint density at radius 3 is 2.19 bits per heavy atom. The van der Waals surface area contributed by atoms with Crippen molar-refractivity contribution in [3.63, 3.8) is 0 Å². The van der Waals surface area contributed by atoms with Crippen LogP contribution in [0, 0.1) is 12.8 Å². The van der Waals surface area contributed by atoms with Crippen molar-refractivity contribution < 1.29 is 13.2 Å². The van der Waals surface area contributed by atoms with E-state index in [1.54, 1.807) is 42.5 Å². The molecule has 0 bridgehead atoms. The van der Waals surface area contributed by atoms with Gasteiger partial charge in [-0.1, -0.05) is 55.3 Å². The Morgan fingerprint density at radius 1 is 1.04 bits per heavy atom. The van der Waals surface area contributed by atoms with Gasteiger partial charge in [0.2, 0.25) is 0 Å². The molecule has 1 atom stereocenters. The summed E-state index contributed by atoms with van der Waals surface area (Å²) >= 11 is 5.97. The van der Waals surface area contributed by atoms with E-state index in [4.69, 9.17) is 11.6 Å². The summed E-state index contributed by atoms with van der Waals surface area (Å²) in [6.45, 7) is 5.75. The first-order valence-corrected chi connectivity index (χ1v) is 10.4. The zero-order valence-corrected chi connectivity index (χ0v) is 16.9. The molecule has 3 rings (SSSR count). The number of sulfonamides is 1. The molecule has 27 heavy (non-hydrogen) atoms. The Morgan fingerprint density at radius 2 is 1.63 bits per heavy atom. The van der Waals surface area contributed by atoms with Crippen LogP contribution < -0.4 is 5.32 Å². The minimum atomic E-state index is -4.04. The fraction of sp³-hybridized carbons (Fsp3) is 0.250. The molecule has 0 aromatic heterocycles. The maximum absolute atomic E-state index is 13.2. The quantitative estimate of drug-likeness (QED) is 0.806. The second kappa shape index (κ2) is 7.37. The number of halogens is 1. The fourth-order valence-corrected chi connectivity index (χ4v) is 4.47. The molecule has 5 nitrogen and oxygen atoms in total. The molecule has 0 radical (unpaired) electrons. The number of urea groups is 1. The molecule has 0 saturated heterocycles. The lowest BCUT2D eigenvalue weighted by Gasteiger charge is -2.35. The van der Waals surface area contributed by atoms with E-state index in [9.17, 15) is 13.2 Å². The van der Waals surface area contributed by atoms with Gasteiger partial charge in [0.1, 0.15) is 0 Å². The molecule has 1 unspecified atom stereocenters. The van der Waals surface area contributed by atoms with Gasteiger partial charge in [0.15, 0.2) is 0 Å². The third-order valence-corrected chi connectivity index (χ3v) is 6.48. The molecular formula is C20H21ClN2O3S. The van der Waals surface area contributed by atoms with Crippen LogP contribution in [0.1, 0.15) is 31.0 Å². The Hall–Kier alpha value is -2.31. The Balaban J connectivity index is 2.14. The summed E-state index contributed by atoms with van der Waals surface area (Å²) in [5.74, 6) is 0.0491. The lowest BCUT2D eigenvalue weighted by Crippen LogP contribution is -2.49. The number of carbonyl (C=O) groups is 1. The number of nitrogens with zero attached hydrogens (tertiary/aromatic N) is 1. The van der Waals surface area contributed by atoms with Crippen molar-refractivity contribution in [1.29, 1.82) is 0 Å². The van der Waals surface area contributed by atoms with Crippen LogP contribution in [0.25, 0.3) is 0 Å². The van der Waals surface area contributed by atoms with Crippen LogP contribution in [-0.2, 0) is 10.0 Å². The van der Waals surface area contributed by atoms with Crippen LogP contribution in [0.2, 0.25) is 5.02 Å². The SMILES string of the molecule is Cc1ccc(S(=O)(=O)N2C(=O)NC(C(C)C)=CC2c2ccc(Cl)cc2)cc1. The third-order valence-electron chi connectivity index (χ3n) is 4.45. The highest BCUT2D eigenvalue weighted by Crippen LogP contribution is 2.34. The Labute approximate surface area is 164 Å². The first-order valence-electron chi connectivity index (χ1n) is 8.59. The van der Waals surface area contributed by atoms with E-state index >= 15 is 0 Å². The van der Waals surface area contributed by atoms with E-state index in [1.165, 1.54) is 12.1 Å².